The summed E-state index contributed by atoms with van der Waals surface area (Å²) in [7, 11) is -4.33. The quantitative estimate of drug-likeness (QED) is 0.352. The molecule has 0 aromatic heterocycles. The summed E-state index contributed by atoms with van der Waals surface area (Å²) in [6.07, 6.45) is 4.13. The highest BCUT2D eigenvalue weighted by atomic mass is 28.4. The molecule has 3 aromatic carbocycles. The third kappa shape index (κ3) is 4.53. The number of hydrogen-bond donors (Lipinski definition) is 1. The van der Waals surface area contributed by atoms with Crippen LogP contribution in [0.5, 0.6) is 0 Å². The molecule has 3 aromatic rings. The van der Waals surface area contributed by atoms with E-state index < -0.39 is 21.0 Å². The minimum atomic E-state index is -2.16. The fraction of sp³-hybridized carbons (Fsp3) is 0.333. The van der Waals surface area contributed by atoms with Crippen molar-refractivity contribution in [1.29, 1.82) is 0 Å². The first-order valence-electron chi connectivity index (χ1n) is 11.2. The van der Waals surface area contributed by atoms with Crippen LogP contribution in [0.1, 0.15) is 24.8 Å². The van der Waals surface area contributed by atoms with E-state index in [1.807, 2.05) is 0 Å². The minimum absolute atomic E-state index is 0.626. The second kappa shape index (κ2) is 9.46. The maximum Gasteiger partial charge on any atom is 0.113 e. The monoisotopic (exact) mass is 432 g/mol. The zero-order valence-electron chi connectivity index (χ0n) is 18.9. The molecule has 0 amide bonds. The Balaban J connectivity index is 1.90. The highest BCUT2D eigenvalue weighted by molar-refractivity contribution is 7.09. The van der Waals surface area contributed by atoms with Crippen molar-refractivity contribution in [3.8, 4) is 0 Å². The van der Waals surface area contributed by atoms with Gasteiger partial charge in [0.25, 0.3) is 0 Å². The maximum atomic E-state index is 12.6. The molecule has 0 aliphatic heterocycles. The zero-order chi connectivity index (χ0) is 21.7. The average Bonchev–Trinajstić information content (AvgIpc) is 2.78. The molecule has 158 valence electrons. The van der Waals surface area contributed by atoms with Gasteiger partial charge in [-0.15, -0.1) is 0 Å². The minimum Gasteiger partial charge on any atom is -0.396 e. The first kappa shape index (κ1) is 22.7. The standard InChI is InChI=1S/C27H36OSi2/c1-29(2,25-19-10-6-11-20-25)27(28,30(3,4)26-21-12-7-13-22-26)23-15-14-18-24-16-8-5-9-17-24/h5-13,16-17,19-22,28H,14-15,18,23H2,1-4H3. The van der Waals surface area contributed by atoms with Crippen molar-refractivity contribution in [1.82, 2.24) is 0 Å². The Labute approximate surface area is 184 Å². The van der Waals surface area contributed by atoms with Gasteiger partial charge in [-0.25, -0.2) is 0 Å². The van der Waals surface area contributed by atoms with Crippen LogP contribution in [0.3, 0.4) is 0 Å². The van der Waals surface area contributed by atoms with Gasteiger partial charge < -0.3 is 5.11 Å². The van der Waals surface area contributed by atoms with Gasteiger partial charge in [0.1, 0.15) is 16.1 Å². The number of aliphatic hydroxyl groups is 1. The molecule has 0 atom stereocenters. The van der Waals surface area contributed by atoms with Crippen LogP contribution in [0.4, 0.5) is 0 Å². The third-order valence-electron chi connectivity index (χ3n) is 7.16. The van der Waals surface area contributed by atoms with E-state index in [2.05, 4.69) is 117 Å². The Hall–Kier alpha value is -1.95. The zero-order valence-corrected chi connectivity index (χ0v) is 20.9. The van der Waals surface area contributed by atoms with Gasteiger partial charge in [-0.1, -0.05) is 134 Å². The van der Waals surface area contributed by atoms with Crippen LogP contribution in [0.2, 0.25) is 26.2 Å². The molecule has 0 unspecified atom stereocenters. The molecule has 3 heteroatoms. The largest absolute Gasteiger partial charge is 0.396 e. The molecule has 30 heavy (non-hydrogen) atoms. The summed E-state index contributed by atoms with van der Waals surface area (Å²) in [4.78, 5) is -0.626. The molecule has 3 rings (SSSR count). The van der Waals surface area contributed by atoms with Gasteiger partial charge in [0.05, 0.1) is 4.85 Å². The Morgan fingerprint density at radius 2 is 1.00 bits per heavy atom. The highest BCUT2D eigenvalue weighted by Gasteiger charge is 2.56. The molecule has 0 fully saturated rings. The normalized spacial score (nSPS) is 12.7. The Kier molecular flexibility index (Phi) is 7.17. The van der Waals surface area contributed by atoms with Crippen molar-refractivity contribution in [3.63, 3.8) is 0 Å². The molecule has 1 nitrogen and oxygen atoms in total. The van der Waals surface area contributed by atoms with Crippen molar-refractivity contribution in [2.24, 2.45) is 0 Å². The number of rotatable bonds is 9. The predicted molar refractivity (Wildman–Crippen MR) is 136 cm³/mol. The average molecular weight is 433 g/mol. The molecule has 0 heterocycles. The number of unbranched alkanes of at least 4 members (excludes halogenated alkanes) is 1. The summed E-state index contributed by atoms with van der Waals surface area (Å²) in [5, 5.41) is 15.3. The molecule has 0 saturated heterocycles. The Morgan fingerprint density at radius 1 is 0.600 bits per heavy atom. The van der Waals surface area contributed by atoms with Gasteiger partial charge in [0, 0.05) is 0 Å². The van der Waals surface area contributed by atoms with Gasteiger partial charge in [-0.2, -0.15) is 0 Å². The molecule has 1 N–H and O–H groups in total. The molecule has 0 spiro atoms. The molecule has 0 radical (unpaired) electrons. The van der Waals surface area contributed by atoms with Crippen molar-refractivity contribution in [3.05, 3.63) is 96.6 Å². The van der Waals surface area contributed by atoms with Crippen LogP contribution in [-0.4, -0.2) is 26.1 Å². The van der Waals surface area contributed by atoms with Crippen LogP contribution in [0, 0.1) is 0 Å². The van der Waals surface area contributed by atoms with Crippen molar-refractivity contribution in [2.45, 2.75) is 56.7 Å². The van der Waals surface area contributed by atoms with Crippen LogP contribution in [-0.2, 0) is 6.42 Å². The smallest absolute Gasteiger partial charge is 0.113 e. The lowest BCUT2D eigenvalue weighted by atomic mass is 10.1. The second-order valence-corrected chi connectivity index (χ2v) is 19.3. The fourth-order valence-corrected chi connectivity index (χ4v) is 16.7. The molecule has 0 saturated carbocycles. The molecule has 0 aliphatic rings. The molecular formula is C27H36OSi2. The van der Waals surface area contributed by atoms with E-state index >= 15 is 0 Å². The molecular weight excluding hydrogens is 396 g/mol. The van der Waals surface area contributed by atoms with Gasteiger partial charge in [-0.05, 0) is 24.8 Å². The second-order valence-electron chi connectivity index (χ2n) is 9.54. The fourth-order valence-electron chi connectivity index (χ4n) is 4.95. The van der Waals surface area contributed by atoms with E-state index in [4.69, 9.17) is 0 Å². The van der Waals surface area contributed by atoms with Crippen LogP contribution < -0.4 is 10.4 Å². The van der Waals surface area contributed by atoms with Crippen molar-refractivity contribution >= 4 is 26.5 Å². The summed E-state index contributed by atoms with van der Waals surface area (Å²) in [6.45, 7) is 9.49. The lowest BCUT2D eigenvalue weighted by Gasteiger charge is -2.51. The summed E-state index contributed by atoms with van der Waals surface area (Å²) >= 11 is 0. The first-order valence-corrected chi connectivity index (χ1v) is 17.2. The Morgan fingerprint density at radius 3 is 1.43 bits per heavy atom. The van der Waals surface area contributed by atoms with Gasteiger partial charge in [0.15, 0.2) is 0 Å². The van der Waals surface area contributed by atoms with E-state index in [1.54, 1.807) is 0 Å². The van der Waals surface area contributed by atoms with Gasteiger partial charge in [0.2, 0.25) is 0 Å². The van der Waals surface area contributed by atoms with Crippen LogP contribution in [0.15, 0.2) is 91.0 Å². The van der Waals surface area contributed by atoms with E-state index in [-0.39, 0.29) is 0 Å². The SMILES string of the molecule is C[Si](C)(c1ccccc1)C(O)(CCCCc1ccccc1)[Si](C)(C)c1ccccc1. The topological polar surface area (TPSA) is 20.2 Å². The predicted octanol–water partition coefficient (Wildman–Crippen LogP) is 5.44. The van der Waals surface area contributed by atoms with E-state index in [0.29, 0.717) is 0 Å². The first-order chi connectivity index (χ1) is 14.3. The summed E-state index contributed by atoms with van der Waals surface area (Å²) in [5.41, 5.74) is 1.39. The van der Waals surface area contributed by atoms with Crippen LogP contribution >= 0.6 is 0 Å². The number of hydrogen-bond acceptors (Lipinski definition) is 1. The van der Waals surface area contributed by atoms with E-state index in [0.717, 1.165) is 25.7 Å². The lowest BCUT2D eigenvalue weighted by molar-refractivity contribution is 0.176. The lowest BCUT2D eigenvalue weighted by Crippen LogP contribution is -2.77. The van der Waals surface area contributed by atoms with Gasteiger partial charge in [-0.3, -0.25) is 0 Å². The number of aryl methyl sites for hydroxylation is 1. The molecule has 0 bridgehead atoms. The van der Waals surface area contributed by atoms with Crippen molar-refractivity contribution < 1.29 is 5.11 Å². The maximum absolute atomic E-state index is 12.6. The van der Waals surface area contributed by atoms with Crippen LogP contribution in [0.25, 0.3) is 0 Å². The Bertz CT molecular complexity index is 854. The summed E-state index contributed by atoms with van der Waals surface area (Å²) in [5.74, 6) is 0. The van der Waals surface area contributed by atoms with Crippen molar-refractivity contribution in [2.75, 3.05) is 0 Å². The van der Waals surface area contributed by atoms with E-state index in [1.165, 1.54) is 15.9 Å². The summed E-state index contributed by atoms with van der Waals surface area (Å²) in [6, 6.07) is 32.3. The third-order valence-corrected chi connectivity index (χ3v) is 19.1. The van der Waals surface area contributed by atoms with Gasteiger partial charge >= 0.3 is 0 Å². The number of benzene rings is 3. The highest BCUT2D eigenvalue weighted by Crippen LogP contribution is 2.35. The molecule has 0 aliphatic carbocycles. The summed E-state index contributed by atoms with van der Waals surface area (Å²) < 4.78 is 0. The van der Waals surface area contributed by atoms with E-state index in [9.17, 15) is 5.11 Å².